The van der Waals surface area contributed by atoms with Gasteiger partial charge in [-0.1, -0.05) is 26.0 Å². The average molecular weight is 278 g/mol. The van der Waals surface area contributed by atoms with Gasteiger partial charge in [0.2, 0.25) is 0 Å². The highest BCUT2D eigenvalue weighted by molar-refractivity contribution is 5.28. The summed E-state index contributed by atoms with van der Waals surface area (Å²) in [5.74, 6) is 0.973. The zero-order valence-corrected chi connectivity index (χ0v) is 13.5. The summed E-state index contributed by atoms with van der Waals surface area (Å²) in [6, 6.07) is 8.96. The minimum Gasteiger partial charge on any atom is -0.492 e. The number of nitrogens with one attached hydrogen (secondary N) is 1. The summed E-state index contributed by atoms with van der Waals surface area (Å²) in [6.07, 6.45) is 1.16. The van der Waals surface area contributed by atoms with Crippen molar-refractivity contribution in [2.45, 2.75) is 46.7 Å². The SMILES string of the molecule is CCCNCc1cccc(OCCN(CC)C(C)C)c1. The number of rotatable bonds is 10. The van der Waals surface area contributed by atoms with Gasteiger partial charge in [0, 0.05) is 19.1 Å². The van der Waals surface area contributed by atoms with E-state index in [2.05, 4.69) is 56.1 Å². The fourth-order valence-electron chi connectivity index (χ4n) is 2.22. The van der Waals surface area contributed by atoms with Crippen LogP contribution in [-0.2, 0) is 6.54 Å². The lowest BCUT2D eigenvalue weighted by Crippen LogP contribution is -2.34. The monoisotopic (exact) mass is 278 g/mol. The van der Waals surface area contributed by atoms with Crippen molar-refractivity contribution >= 4 is 0 Å². The van der Waals surface area contributed by atoms with E-state index >= 15 is 0 Å². The van der Waals surface area contributed by atoms with Crippen molar-refractivity contribution in [3.8, 4) is 5.75 Å². The first-order valence-electron chi connectivity index (χ1n) is 7.83. The number of nitrogens with zero attached hydrogens (tertiary/aromatic N) is 1. The molecule has 0 atom stereocenters. The number of hydrogen-bond donors (Lipinski definition) is 1. The molecule has 0 heterocycles. The lowest BCUT2D eigenvalue weighted by Gasteiger charge is -2.24. The second-order valence-electron chi connectivity index (χ2n) is 5.39. The smallest absolute Gasteiger partial charge is 0.119 e. The summed E-state index contributed by atoms with van der Waals surface area (Å²) in [5, 5.41) is 3.41. The highest BCUT2D eigenvalue weighted by Crippen LogP contribution is 2.13. The topological polar surface area (TPSA) is 24.5 Å². The first-order chi connectivity index (χ1) is 9.67. The van der Waals surface area contributed by atoms with Crippen molar-refractivity contribution in [1.82, 2.24) is 10.2 Å². The Bertz CT molecular complexity index is 366. The van der Waals surface area contributed by atoms with Gasteiger partial charge >= 0.3 is 0 Å². The minimum atomic E-state index is 0.577. The quantitative estimate of drug-likeness (QED) is 0.665. The van der Waals surface area contributed by atoms with E-state index in [9.17, 15) is 0 Å². The Labute approximate surface area is 124 Å². The molecule has 1 aromatic carbocycles. The molecular formula is C17H30N2O. The van der Waals surface area contributed by atoms with Gasteiger partial charge in [0.1, 0.15) is 12.4 Å². The Balaban J connectivity index is 2.38. The molecule has 3 heteroatoms. The van der Waals surface area contributed by atoms with Gasteiger partial charge < -0.3 is 10.1 Å². The zero-order valence-electron chi connectivity index (χ0n) is 13.5. The van der Waals surface area contributed by atoms with Crippen molar-refractivity contribution in [3.63, 3.8) is 0 Å². The van der Waals surface area contributed by atoms with Crippen LogP contribution in [0.15, 0.2) is 24.3 Å². The highest BCUT2D eigenvalue weighted by atomic mass is 16.5. The number of hydrogen-bond acceptors (Lipinski definition) is 3. The number of likely N-dealkylation sites (N-methyl/N-ethyl adjacent to an activating group) is 1. The molecule has 0 radical (unpaired) electrons. The van der Waals surface area contributed by atoms with Crippen molar-refractivity contribution < 1.29 is 4.74 Å². The maximum Gasteiger partial charge on any atom is 0.119 e. The normalized spacial score (nSPS) is 11.3. The summed E-state index contributed by atoms with van der Waals surface area (Å²) >= 11 is 0. The predicted octanol–water partition coefficient (Wildman–Crippen LogP) is 3.30. The van der Waals surface area contributed by atoms with E-state index in [1.54, 1.807) is 0 Å². The Morgan fingerprint density at radius 2 is 2.05 bits per heavy atom. The van der Waals surface area contributed by atoms with Crippen LogP contribution in [0, 0.1) is 0 Å². The van der Waals surface area contributed by atoms with Crippen LogP contribution >= 0.6 is 0 Å². The molecule has 0 fully saturated rings. The largest absolute Gasteiger partial charge is 0.492 e. The summed E-state index contributed by atoms with van der Waals surface area (Å²) in [5.41, 5.74) is 1.28. The van der Waals surface area contributed by atoms with Crippen LogP contribution in [0.5, 0.6) is 5.75 Å². The maximum atomic E-state index is 5.87. The zero-order chi connectivity index (χ0) is 14.8. The van der Waals surface area contributed by atoms with Crippen molar-refractivity contribution in [3.05, 3.63) is 29.8 Å². The standard InChI is InChI=1S/C17H30N2O/c1-5-10-18-14-16-8-7-9-17(13-16)20-12-11-19(6-2)15(3)4/h7-9,13,15,18H,5-6,10-12,14H2,1-4H3. The Hall–Kier alpha value is -1.06. The van der Waals surface area contributed by atoms with E-state index in [1.807, 2.05) is 6.07 Å². The van der Waals surface area contributed by atoms with Crippen LogP contribution in [0.3, 0.4) is 0 Å². The van der Waals surface area contributed by atoms with E-state index < -0.39 is 0 Å². The summed E-state index contributed by atoms with van der Waals surface area (Å²) < 4.78 is 5.87. The molecule has 0 aliphatic heterocycles. The van der Waals surface area contributed by atoms with Crippen molar-refractivity contribution in [2.75, 3.05) is 26.2 Å². The third kappa shape index (κ3) is 6.40. The minimum absolute atomic E-state index is 0.577. The van der Waals surface area contributed by atoms with Crippen LogP contribution in [0.25, 0.3) is 0 Å². The number of ether oxygens (including phenoxy) is 1. The fraction of sp³-hybridized carbons (Fsp3) is 0.647. The van der Waals surface area contributed by atoms with E-state index in [0.29, 0.717) is 6.04 Å². The van der Waals surface area contributed by atoms with Gasteiger partial charge in [0.25, 0.3) is 0 Å². The third-order valence-electron chi connectivity index (χ3n) is 3.44. The Morgan fingerprint density at radius 1 is 1.25 bits per heavy atom. The van der Waals surface area contributed by atoms with Gasteiger partial charge in [-0.05, 0) is 51.1 Å². The van der Waals surface area contributed by atoms with Crippen molar-refractivity contribution in [1.29, 1.82) is 0 Å². The molecule has 0 bridgehead atoms. The average Bonchev–Trinajstić information content (AvgIpc) is 2.44. The number of benzene rings is 1. The van der Waals surface area contributed by atoms with E-state index in [1.165, 1.54) is 5.56 Å². The molecule has 1 N–H and O–H groups in total. The molecule has 1 aromatic rings. The molecule has 0 amide bonds. The summed E-state index contributed by atoms with van der Waals surface area (Å²) in [4.78, 5) is 2.41. The van der Waals surface area contributed by atoms with Gasteiger partial charge in [0.05, 0.1) is 0 Å². The molecule has 1 rings (SSSR count). The molecule has 3 nitrogen and oxygen atoms in total. The first-order valence-corrected chi connectivity index (χ1v) is 7.83. The molecule has 0 aromatic heterocycles. The highest BCUT2D eigenvalue weighted by Gasteiger charge is 2.06. The van der Waals surface area contributed by atoms with Gasteiger partial charge in [0.15, 0.2) is 0 Å². The first kappa shape index (κ1) is 17.0. The summed E-state index contributed by atoms with van der Waals surface area (Å²) in [6.45, 7) is 13.6. The fourth-order valence-corrected chi connectivity index (χ4v) is 2.22. The molecule has 0 saturated carbocycles. The lowest BCUT2D eigenvalue weighted by molar-refractivity contribution is 0.183. The molecular weight excluding hydrogens is 248 g/mol. The predicted molar refractivity (Wildman–Crippen MR) is 86.3 cm³/mol. The Kier molecular flexibility index (Phi) is 8.31. The van der Waals surface area contributed by atoms with E-state index in [0.717, 1.165) is 45.0 Å². The van der Waals surface area contributed by atoms with Gasteiger partial charge in [-0.2, -0.15) is 0 Å². The van der Waals surface area contributed by atoms with Gasteiger partial charge in [-0.25, -0.2) is 0 Å². The van der Waals surface area contributed by atoms with Crippen LogP contribution in [0.4, 0.5) is 0 Å². The van der Waals surface area contributed by atoms with Crippen LogP contribution < -0.4 is 10.1 Å². The summed E-state index contributed by atoms with van der Waals surface area (Å²) in [7, 11) is 0. The second-order valence-corrected chi connectivity index (χ2v) is 5.39. The molecule has 0 unspecified atom stereocenters. The van der Waals surface area contributed by atoms with Crippen LogP contribution in [0.2, 0.25) is 0 Å². The Morgan fingerprint density at radius 3 is 2.70 bits per heavy atom. The second kappa shape index (κ2) is 9.78. The van der Waals surface area contributed by atoms with Crippen LogP contribution in [-0.4, -0.2) is 37.2 Å². The molecule has 0 spiro atoms. The molecule has 0 saturated heterocycles. The van der Waals surface area contributed by atoms with E-state index in [-0.39, 0.29) is 0 Å². The maximum absolute atomic E-state index is 5.87. The van der Waals surface area contributed by atoms with Crippen LogP contribution in [0.1, 0.15) is 39.7 Å². The molecule has 114 valence electrons. The van der Waals surface area contributed by atoms with Crippen molar-refractivity contribution in [2.24, 2.45) is 0 Å². The van der Waals surface area contributed by atoms with E-state index in [4.69, 9.17) is 4.74 Å². The lowest BCUT2D eigenvalue weighted by atomic mass is 10.2. The van der Waals surface area contributed by atoms with Gasteiger partial charge in [-0.3, -0.25) is 4.90 Å². The third-order valence-corrected chi connectivity index (χ3v) is 3.44. The molecule has 0 aliphatic rings. The molecule has 20 heavy (non-hydrogen) atoms. The van der Waals surface area contributed by atoms with Gasteiger partial charge in [-0.15, -0.1) is 0 Å². The molecule has 0 aliphatic carbocycles.